The van der Waals surface area contributed by atoms with E-state index in [1.54, 1.807) is 30.3 Å². The molecule has 0 aliphatic rings. The quantitative estimate of drug-likeness (QED) is 0.879. The molecule has 0 amide bonds. The molecule has 2 N–H and O–H groups in total. The fourth-order valence-corrected chi connectivity index (χ4v) is 2.20. The van der Waals surface area contributed by atoms with E-state index in [9.17, 15) is 4.39 Å². The van der Waals surface area contributed by atoms with Crippen LogP contribution < -0.4 is 15.2 Å². The summed E-state index contributed by atoms with van der Waals surface area (Å²) in [5, 5.41) is 0.401. The van der Waals surface area contributed by atoms with E-state index in [1.165, 1.54) is 6.07 Å². The van der Waals surface area contributed by atoms with Crippen molar-refractivity contribution in [1.29, 1.82) is 0 Å². The van der Waals surface area contributed by atoms with Crippen molar-refractivity contribution < 1.29 is 13.9 Å². The topological polar surface area (TPSA) is 44.5 Å². The molecule has 0 heterocycles. The minimum Gasteiger partial charge on any atom is -0.490 e. The zero-order valence-corrected chi connectivity index (χ0v) is 12.5. The first kappa shape index (κ1) is 15.6. The lowest BCUT2D eigenvalue weighted by Crippen LogP contribution is -2.04. The van der Waals surface area contributed by atoms with Gasteiger partial charge in [-0.1, -0.05) is 29.8 Å². The van der Waals surface area contributed by atoms with Gasteiger partial charge in [0.25, 0.3) is 0 Å². The number of rotatable bonds is 6. The monoisotopic (exact) mass is 309 g/mol. The van der Waals surface area contributed by atoms with Crippen LogP contribution in [0.4, 0.5) is 4.39 Å². The van der Waals surface area contributed by atoms with Crippen LogP contribution >= 0.6 is 11.6 Å². The zero-order chi connectivity index (χ0) is 15.2. The van der Waals surface area contributed by atoms with Gasteiger partial charge in [0.1, 0.15) is 12.4 Å². The molecule has 21 heavy (non-hydrogen) atoms. The third kappa shape index (κ3) is 3.86. The molecule has 0 aliphatic carbocycles. The lowest BCUT2D eigenvalue weighted by molar-refractivity contribution is 0.266. The highest BCUT2D eigenvalue weighted by Gasteiger charge is 2.13. The maximum Gasteiger partial charge on any atom is 0.180 e. The molecule has 0 aliphatic heterocycles. The lowest BCUT2D eigenvalue weighted by Gasteiger charge is -2.15. The Morgan fingerprint density at radius 3 is 2.62 bits per heavy atom. The van der Waals surface area contributed by atoms with E-state index in [2.05, 4.69) is 0 Å². The van der Waals surface area contributed by atoms with E-state index < -0.39 is 0 Å². The van der Waals surface area contributed by atoms with Crippen molar-refractivity contribution in [3.63, 3.8) is 0 Å². The van der Waals surface area contributed by atoms with E-state index in [-0.39, 0.29) is 12.4 Å². The van der Waals surface area contributed by atoms with E-state index in [0.29, 0.717) is 35.2 Å². The number of halogens is 2. The molecule has 2 aromatic carbocycles. The fraction of sp³-hybridized carbons (Fsp3) is 0.250. The van der Waals surface area contributed by atoms with Gasteiger partial charge < -0.3 is 15.2 Å². The Hall–Kier alpha value is -1.78. The highest BCUT2D eigenvalue weighted by Crippen LogP contribution is 2.37. The van der Waals surface area contributed by atoms with Gasteiger partial charge in [-0.2, -0.15) is 0 Å². The summed E-state index contributed by atoms with van der Waals surface area (Å²) in [7, 11) is 0. The molecule has 0 spiro atoms. The fourth-order valence-electron chi connectivity index (χ4n) is 1.91. The van der Waals surface area contributed by atoms with Crippen LogP contribution in [0, 0.1) is 5.82 Å². The van der Waals surface area contributed by atoms with Crippen molar-refractivity contribution in [1.82, 2.24) is 0 Å². The maximum absolute atomic E-state index is 13.6. The lowest BCUT2D eigenvalue weighted by atomic mass is 10.2. The Kier molecular flexibility index (Phi) is 5.42. The van der Waals surface area contributed by atoms with Crippen LogP contribution in [-0.4, -0.2) is 6.61 Å². The van der Waals surface area contributed by atoms with Gasteiger partial charge in [-0.3, -0.25) is 0 Å². The molecule has 112 valence electrons. The molecule has 3 nitrogen and oxygen atoms in total. The van der Waals surface area contributed by atoms with Crippen molar-refractivity contribution in [2.75, 3.05) is 6.61 Å². The second-order valence-corrected chi connectivity index (χ2v) is 4.83. The smallest absolute Gasteiger partial charge is 0.180 e. The van der Waals surface area contributed by atoms with E-state index in [1.807, 2.05) is 6.92 Å². The zero-order valence-electron chi connectivity index (χ0n) is 11.7. The molecule has 0 saturated carbocycles. The number of hydrogen-bond donors (Lipinski definition) is 1. The van der Waals surface area contributed by atoms with Gasteiger partial charge in [0.2, 0.25) is 0 Å². The van der Waals surface area contributed by atoms with Gasteiger partial charge in [0, 0.05) is 12.1 Å². The van der Waals surface area contributed by atoms with Gasteiger partial charge >= 0.3 is 0 Å². The predicted molar refractivity (Wildman–Crippen MR) is 81.2 cm³/mol. The molecule has 0 aromatic heterocycles. The Balaban J connectivity index is 2.24. The van der Waals surface area contributed by atoms with Crippen LogP contribution in [0.1, 0.15) is 18.1 Å². The van der Waals surface area contributed by atoms with Gasteiger partial charge in [0.05, 0.1) is 11.6 Å². The Morgan fingerprint density at radius 1 is 1.19 bits per heavy atom. The minimum absolute atomic E-state index is 0.0778. The summed E-state index contributed by atoms with van der Waals surface area (Å²) in [6, 6.07) is 9.95. The van der Waals surface area contributed by atoms with Crippen LogP contribution in [0.15, 0.2) is 36.4 Å². The SMILES string of the molecule is CCOc1cc(CN)cc(Cl)c1OCc1ccccc1F. The van der Waals surface area contributed by atoms with Crippen LogP contribution in [-0.2, 0) is 13.2 Å². The average molecular weight is 310 g/mol. The molecule has 0 radical (unpaired) electrons. The Morgan fingerprint density at radius 2 is 1.95 bits per heavy atom. The van der Waals surface area contributed by atoms with Crippen LogP contribution in [0.3, 0.4) is 0 Å². The van der Waals surface area contributed by atoms with Crippen molar-refractivity contribution in [3.8, 4) is 11.5 Å². The van der Waals surface area contributed by atoms with Crippen LogP contribution in [0.5, 0.6) is 11.5 Å². The molecule has 2 rings (SSSR count). The third-order valence-electron chi connectivity index (χ3n) is 2.93. The van der Waals surface area contributed by atoms with Crippen molar-refractivity contribution in [2.24, 2.45) is 5.73 Å². The average Bonchev–Trinajstić information content (AvgIpc) is 2.48. The highest BCUT2D eigenvalue weighted by molar-refractivity contribution is 6.32. The normalized spacial score (nSPS) is 10.5. The molecular weight excluding hydrogens is 293 g/mol. The summed E-state index contributed by atoms with van der Waals surface area (Å²) < 4.78 is 24.8. The number of hydrogen-bond acceptors (Lipinski definition) is 3. The first-order valence-electron chi connectivity index (χ1n) is 6.67. The molecule has 0 bridgehead atoms. The highest BCUT2D eigenvalue weighted by atomic mass is 35.5. The maximum atomic E-state index is 13.6. The summed E-state index contributed by atoms with van der Waals surface area (Å²) in [5.41, 5.74) is 6.92. The minimum atomic E-state index is -0.315. The number of nitrogens with two attached hydrogens (primary N) is 1. The molecule has 0 fully saturated rings. The van der Waals surface area contributed by atoms with E-state index in [0.717, 1.165) is 5.56 Å². The van der Waals surface area contributed by atoms with Gasteiger partial charge in [-0.25, -0.2) is 4.39 Å². The van der Waals surface area contributed by atoms with E-state index >= 15 is 0 Å². The summed E-state index contributed by atoms with van der Waals surface area (Å²) in [6.07, 6.45) is 0. The number of ether oxygens (including phenoxy) is 2. The van der Waals surface area contributed by atoms with Crippen molar-refractivity contribution in [3.05, 3.63) is 58.4 Å². The molecule has 0 unspecified atom stereocenters. The Bertz CT molecular complexity index is 619. The van der Waals surface area contributed by atoms with Gasteiger partial charge in [-0.05, 0) is 30.7 Å². The first-order valence-corrected chi connectivity index (χ1v) is 7.05. The van der Waals surface area contributed by atoms with Crippen molar-refractivity contribution >= 4 is 11.6 Å². The second kappa shape index (κ2) is 7.29. The molecule has 2 aromatic rings. The molecule has 0 atom stereocenters. The molecular formula is C16H17ClFNO2. The molecule has 0 saturated heterocycles. The standard InChI is InChI=1S/C16H17ClFNO2/c1-2-20-15-8-11(9-19)7-13(17)16(15)21-10-12-5-3-4-6-14(12)18/h3-8H,2,9-10,19H2,1H3. The van der Waals surface area contributed by atoms with Gasteiger partial charge in [0.15, 0.2) is 11.5 Å². The van der Waals surface area contributed by atoms with E-state index in [4.69, 9.17) is 26.8 Å². The van der Waals surface area contributed by atoms with Gasteiger partial charge in [-0.15, -0.1) is 0 Å². The third-order valence-corrected chi connectivity index (χ3v) is 3.22. The van der Waals surface area contributed by atoms with Crippen LogP contribution in [0.25, 0.3) is 0 Å². The second-order valence-electron chi connectivity index (χ2n) is 4.42. The number of benzene rings is 2. The molecule has 5 heteroatoms. The summed E-state index contributed by atoms with van der Waals surface area (Å²) in [4.78, 5) is 0. The summed E-state index contributed by atoms with van der Waals surface area (Å²) >= 11 is 6.20. The van der Waals surface area contributed by atoms with Crippen molar-refractivity contribution in [2.45, 2.75) is 20.1 Å². The van der Waals surface area contributed by atoms with Crippen LogP contribution in [0.2, 0.25) is 5.02 Å². The summed E-state index contributed by atoms with van der Waals surface area (Å²) in [5.74, 6) is 0.603. The summed E-state index contributed by atoms with van der Waals surface area (Å²) in [6.45, 7) is 2.77. The Labute approximate surface area is 128 Å². The first-order chi connectivity index (χ1) is 10.2. The largest absolute Gasteiger partial charge is 0.490 e. The predicted octanol–water partition coefficient (Wildman–Crippen LogP) is 3.92.